The third-order valence-corrected chi connectivity index (χ3v) is 2.70. The molecule has 6 heteroatoms. The minimum atomic E-state index is -0.640. The first-order valence-electron chi connectivity index (χ1n) is 6.51. The van der Waals surface area contributed by atoms with Crippen LogP contribution in [-0.4, -0.2) is 35.9 Å². The van der Waals surface area contributed by atoms with Gasteiger partial charge in [-0.15, -0.1) is 0 Å². The van der Waals surface area contributed by atoms with E-state index in [-0.39, 0.29) is 12.1 Å². The lowest BCUT2D eigenvalue weighted by molar-refractivity contribution is 0.0994. The predicted octanol–water partition coefficient (Wildman–Crippen LogP) is 0.187. The maximum atomic E-state index is 11.2. The van der Waals surface area contributed by atoms with E-state index in [0.29, 0.717) is 23.0 Å². The molecule has 1 aliphatic rings. The number of rotatable bonds is 5. The van der Waals surface area contributed by atoms with E-state index in [0.717, 1.165) is 0 Å². The molecule has 2 amide bonds. The van der Waals surface area contributed by atoms with Crippen molar-refractivity contribution in [1.29, 1.82) is 0 Å². The first-order valence-corrected chi connectivity index (χ1v) is 6.51. The lowest BCUT2D eigenvalue weighted by Crippen LogP contribution is -2.42. The number of aliphatic hydroxyl groups is 1. The molecule has 1 atom stereocenters. The maximum absolute atomic E-state index is 11.2. The van der Waals surface area contributed by atoms with Crippen LogP contribution in [0.3, 0.4) is 0 Å². The van der Waals surface area contributed by atoms with Crippen LogP contribution in [0.15, 0.2) is 28.2 Å². The molecule has 0 saturated carbocycles. The van der Waals surface area contributed by atoms with Crippen LogP contribution in [0.25, 0.3) is 0 Å². The van der Waals surface area contributed by atoms with E-state index < -0.39 is 12.1 Å². The van der Waals surface area contributed by atoms with Gasteiger partial charge >= 0.3 is 6.03 Å². The number of urea groups is 1. The Labute approximate surface area is 117 Å². The zero-order chi connectivity index (χ0) is 14.8. The third kappa shape index (κ3) is 3.85. The van der Waals surface area contributed by atoms with Crippen LogP contribution < -0.4 is 20.8 Å². The van der Waals surface area contributed by atoms with E-state index in [2.05, 4.69) is 15.3 Å². The van der Waals surface area contributed by atoms with Gasteiger partial charge in [-0.3, -0.25) is 0 Å². The summed E-state index contributed by atoms with van der Waals surface area (Å²) >= 11 is 0. The Bertz CT molecular complexity index is 620. The molecule has 6 nitrogen and oxygen atoms in total. The molecule has 1 aliphatic heterocycles. The van der Waals surface area contributed by atoms with E-state index in [9.17, 15) is 9.90 Å². The van der Waals surface area contributed by atoms with Gasteiger partial charge in [0.15, 0.2) is 0 Å². The van der Waals surface area contributed by atoms with Gasteiger partial charge in [-0.05, 0) is 32.9 Å². The molecule has 2 rings (SSSR count). The van der Waals surface area contributed by atoms with Gasteiger partial charge in [0.1, 0.15) is 23.8 Å². The van der Waals surface area contributed by atoms with E-state index in [1.165, 1.54) is 0 Å². The molecule has 108 valence electrons. The number of β-amino-alcohol motifs (C(OH)–C–C–N with tert-alkyl or cyclic N) is 1. The monoisotopic (exact) mass is 277 g/mol. The summed E-state index contributed by atoms with van der Waals surface area (Å²) in [6, 6.07) is 4.63. The van der Waals surface area contributed by atoms with Gasteiger partial charge < -0.3 is 15.2 Å². The number of nitrogens with zero attached hydrogens (tertiary/aromatic N) is 2. The number of carbonyl (C=O) groups is 1. The lowest BCUT2D eigenvalue weighted by Gasteiger charge is -2.22. The first-order chi connectivity index (χ1) is 9.35. The quantitative estimate of drug-likeness (QED) is 0.804. The third-order valence-electron chi connectivity index (χ3n) is 2.70. The summed E-state index contributed by atoms with van der Waals surface area (Å²) in [5.41, 5.74) is -0.0599. The standard InChI is InChI=1S/C14H19N3O3/c1-14(2,3)15-7-9(18)8-20-11-6-4-5-10-12(11)17-13(19)16-10/h4-6,9,15,18H,7-8H2,1-3H3/t9-/m0/s1. The van der Waals surface area contributed by atoms with E-state index in [4.69, 9.17) is 4.74 Å². The largest absolute Gasteiger partial charge is 0.488 e. The number of para-hydroxylation sites is 1. The summed E-state index contributed by atoms with van der Waals surface area (Å²) in [6.45, 7) is 6.63. The second kappa shape index (κ2) is 5.68. The van der Waals surface area contributed by atoms with Gasteiger partial charge in [0.25, 0.3) is 0 Å². The summed E-state index contributed by atoms with van der Waals surface area (Å²) in [7, 11) is 0. The molecule has 0 saturated heterocycles. The Morgan fingerprint density at radius 2 is 2.10 bits per heavy atom. The van der Waals surface area contributed by atoms with Crippen LogP contribution >= 0.6 is 0 Å². The molecule has 20 heavy (non-hydrogen) atoms. The number of hydrogen-bond acceptors (Lipinski definition) is 4. The zero-order valence-electron chi connectivity index (χ0n) is 11.9. The van der Waals surface area contributed by atoms with Crippen molar-refractivity contribution in [3.8, 4) is 5.75 Å². The van der Waals surface area contributed by atoms with E-state index in [1.54, 1.807) is 18.2 Å². The molecule has 0 aliphatic carbocycles. The highest BCUT2D eigenvalue weighted by atomic mass is 16.5. The fraction of sp³-hybridized carbons (Fsp3) is 0.500. The molecule has 0 aromatic heterocycles. The summed E-state index contributed by atoms with van der Waals surface area (Å²) in [6.07, 6.45) is -0.640. The average Bonchev–Trinajstić information content (AvgIpc) is 2.73. The minimum absolute atomic E-state index is 0.0599. The Balaban J connectivity index is 1.97. The molecule has 0 radical (unpaired) electrons. The molecular weight excluding hydrogens is 258 g/mol. The number of amides is 2. The SMILES string of the molecule is CC(C)(C)NC[C@H](O)COc1cccc2c1=NC(=O)N=2. The summed E-state index contributed by atoms with van der Waals surface area (Å²) in [5, 5.41) is 14.0. The number of nitrogens with one attached hydrogen (secondary N) is 1. The van der Waals surface area contributed by atoms with Crippen LogP contribution in [0.4, 0.5) is 4.79 Å². The van der Waals surface area contributed by atoms with Crippen molar-refractivity contribution in [2.24, 2.45) is 9.98 Å². The van der Waals surface area contributed by atoms with Crippen molar-refractivity contribution in [1.82, 2.24) is 5.32 Å². The Hall–Kier alpha value is -1.79. The van der Waals surface area contributed by atoms with Crippen LogP contribution in [0.2, 0.25) is 0 Å². The Morgan fingerprint density at radius 3 is 2.80 bits per heavy atom. The average molecular weight is 277 g/mol. The molecule has 0 spiro atoms. The maximum Gasteiger partial charge on any atom is 0.368 e. The highest BCUT2D eigenvalue weighted by Gasteiger charge is 2.14. The molecule has 0 fully saturated rings. The molecule has 1 aromatic carbocycles. The minimum Gasteiger partial charge on any atom is -0.488 e. The van der Waals surface area contributed by atoms with Gasteiger partial charge in [-0.2, -0.15) is 9.98 Å². The summed E-state index contributed by atoms with van der Waals surface area (Å²) in [4.78, 5) is 18.7. The summed E-state index contributed by atoms with van der Waals surface area (Å²) in [5.74, 6) is 0.465. The van der Waals surface area contributed by atoms with Gasteiger partial charge in [0, 0.05) is 12.1 Å². The normalized spacial score (nSPS) is 15.3. The highest BCUT2D eigenvalue weighted by Crippen LogP contribution is 2.04. The Kier molecular flexibility index (Phi) is 4.15. The fourth-order valence-corrected chi connectivity index (χ4v) is 1.72. The van der Waals surface area contributed by atoms with E-state index in [1.807, 2.05) is 20.8 Å². The van der Waals surface area contributed by atoms with Crippen molar-refractivity contribution >= 4 is 6.03 Å². The lowest BCUT2D eigenvalue weighted by atomic mass is 10.1. The van der Waals surface area contributed by atoms with Gasteiger partial charge in [-0.1, -0.05) is 6.07 Å². The van der Waals surface area contributed by atoms with Crippen LogP contribution in [-0.2, 0) is 0 Å². The van der Waals surface area contributed by atoms with Crippen molar-refractivity contribution in [3.05, 3.63) is 28.9 Å². The molecule has 2 N–H and O–H groups in total. The molecule has 1 heterocycles. The number of fused-ring (bicyclic) bond motifs is 1. The zero-order valence-corrected chi connectivity index (χ0v) is 11.9. The van der Waals surface area contributed by atoms with Crippen LogP contribution in [0.5, 0.6) is 5.75 Å². The van der Waals surface area contributed by atoms with Crippen molar-refractivity contribution in [3.63, 3.8) is 0 Å². The first kappa shape index (κ1) is 14.6. The Morgan fingerprint density at radius 1 is 1.35 bits per heavy atom. The second-order valence-corrected chi connectivity index (χ2v) is 5.73. The van der Waals surface area contributed by atoms with Gasteiger partial charge in [0.05, 0.1) is 5.36 Å². The van der Waals surface area contributed by atoms with Crippen molar-refractivity contribution in [2.75, 3.05) is 13.2 Å². The van der Waals surface area contributed by atoms with Crippen molar-refractivity contribution in [2.45, 2.75) is 32.4 Å². The molecule has 1 aromatic rings. The molecular formula is C14H19N3O3. The van der Waals surface area contributed by atoms with E-state index >= 15 is 0 Å². The number of hydrogen-bond donors (Lipinski definition) is 2. The number of carbonyl (C=O) groups excluding carboxylic acids is 1. The van der Waals surface area contributed by atoms with Crippen molar-refractivity contribution < 1.29 is 14.6 Å². The van der Waals surface area contributed by atoms with Gasteiger partial charge in [0.2, 0.25) is 0 Å². The molecule has 0 unspecified atom stereocenters. The summed E-state index contributed by atoms with van der Waals surface area (Å²) < 4.78 is 5.53. The smallest absolute Gasteiger partial charge is 0.368 e. The molecule has 0 bridgehead atoms. The van der Waals surface area contributed by atoms with Crippen LogP contribution in [0, 0.1) is 0 Å². The van der Waals surface area contributed by atoms with Gasteiger partial charge in [-0.25, -0.2) is 4.79 Å². The topological polar surface area (TPSA) is 83.3 Å². The van der Waals surface area contributed by atoms with Crippen LogP contribution in [0.1, 0.15) is 20.8 Å². The fourth-order valence-electron chi connectivity index (χ4n) is 1.72. The number of benzene rings is 1. The second-order valence-electron chi connectivity index (χ2n) is 5.73. The predicted molar refractivity (Wildman–Crippen MR) is 73.4 cm³/mol. The number of ether oxygens (including phenoxy) is 1. The highest BCUT2D eigenvalue weighted by molar-refractivity contribution is 5.77. The number of aliphatic hydroxyl groups excluding tert-OH is 1.